The van der Waals surface area contributed by atoms with Crippen molar-refractivity contribution in [2.45, 2.75) is 11.5 Å². The molecule has 1 aromatic carbocycles. The van der Waals surface area contributed by atoms with E-state index in [0.29, 0.717) is 0 Å². The normalized spacial score (nSPS) is 17.0. The molecule has 2 aromatic rings. The van der Waals surface area contributed by atoms with Gasteiger partial charge in [-0.1, -0.05) is 12.1 Å². The van der Waals surface area contributed by atoms with Gasteiger partial charge in [0.1, 0.15) is 0 Å². The van der Waals surface area contributed by atoms with Crippen molar-refractivity contribution in [1.82, 2.24) is 4.57 Å². The Balaban J connectivity index is 2.07. The van der Waals surface area contributed by atoms with Crippen molar-refractivity contribution in [2.75, 3.05) is 0 Å². The molecule has 0 bridgehead atoms. The lowest BCUT2D eigenvalue weighted by atomic mass is 10.2. The molecule has 88 valence electrons. The lowest BCUT2D eigenvalue weighted by Crippen LogP contribution is -1.99. The number of halogens is 1. The monoisotopic (exact) mass is 311 g/mol. The van der Waals surface area contributed by atoms with Gasteiger partial charge in [-0.2, -0.15) is 0 Å². The minimum atomic E-state index is -2.90. The summed E-state index contributed by atoms with van der Waals surface area (Å²) in [6, 6.07) is 7.88. The van der Waals surface area contributed by atoms with E-state index in [1.807, 2.05) is 41.2 Å². The van der Waals surface area contributed by atoms with E-state index in [1.54, 1.807) is 0 Å². The van der Waals surface area contributed by atoms with Gasteiger partial charge in [0.2, 0.25) is 0 Å². The summed E-state index contributed by atoms with van der Waals surface area (Å²) >= 11 is 3.49. The van der Waals surface area contributed by atoms with Crippen LogP contribution >= 0.6 is 15.9 Å². The number of hydrogen-bond acceptors (Lipinski definition) is 2. The maximum atomic E-state index is 11.4. The highest BCUT2D eigenvalue weighted by molar-refractivity contribution is 9.10. The van der Waals surface area contributed by atoms with Crippen molar-refractivity contribution in [3.63, 3.8) is 0 Å². The van der Waals surface area contributed by atoms with E-state index < -0.39 is 9.84 Å². The van der Waals surface area contributed by atoms with Crippen LogP contribution in [0.5, 0.6) is 0 Å². The molecule has 0 aliphatic carbocycles. The zero-order valence-electron chi connectivity index (χ0n) is 8.93. The first kappa shape index (κ1) is 11.0. The van der Waals surface area contributed by atoms with E-state index in [1.165, 1.54) is 0 Å². The van der Waals surface area contributed by atoms with Crippen molar-refractivity contribution in [2.24, 2.45) is 0 Å². The van der Waals surface area contributed by atoms with Gasteiger partial charge in [0.15, 0.2) is 9.84 Å². The van der Waals surface area contributed by atoms with Crippen LogP contribution in [0, 0.1) is 0 Å². The highest BCUT2D eigenvalue weighted by atomic mass is 79.9. The van der Waals surface area contributed by atoms with Gasteiger partial charge in [0, 0.05) is 16.9 Å². The minimum absolute atomic E-state index is 0.166. The third-order valence-corrected chi connectivity index (χ3v) is 5.06. The molecule has 0 atom stereocenters. The minimum Gasteiger partial charge on any atom is -0.322 e. The summed E-state index contributed by atoms with van der Waals surface area (Å²) in [7, 11) is -2.90. The second-order valence-corrected chi connectivity index (χ2v) is 7.12. The Morgan fingerprint density at radius 3 is 2.24 bits per heavy atom. The van der Waals surface area contributed by atoms with Crippen LogP contribution in [0.2, 0.25) is 0 Å². The molecule has 0 spiro atoms. The van der Waals surface area contributed by atoms with Crippen LogP contribution in [0.25, 0.3) is 5.69 Å². The van der Waals surface area contributed by atoms with Crippen molar-refractivity contribution >= 4 is 25.8 Å². The Kier molecular flexibility index (Phi) is 2.41. The van der Waals surface area contributed by atoms with Crippen LogP contribution in [0.15, 0.2) is 41.1 Å². The fourth-order valence-corrected chi connectivity index (χ4v) is 4.18. The molecule has 2 heterocycles. The maximum absolute atomic E-state index is 11.4. The van der Waals surface area contributed by atoms with Gasteiger partial charge in [0.25, 0.3) is 0 Å². The number of nitrogens with zero attached hydrogens (tertiary/aromatic N) is 1. The molecule has 0 saturated heterocycles. The van der Waals surface area contributed by atoms with E-state index in [2.05, 4.69) is 15.9 Å². The average Bonchev–Trinajstić information content (AvgIpc) is 2.71. The first-order valence-electron chi connectivity index (χ1n) is 5.20. The lowest BCUT2D eigenvalue weighted by Gasteiger charge is -2.05. The second-order valence-electron chi connectivity index (χ2n) is 4.20. The predicted octanol–water partition coefficient (Wildman–Crippen LogP) is 2.67. The van der Waals surface area contributed by atoms with Crippen LogP contribution in [0.4, 0.5) is 0 Å². The summed E-state index contributed by atoms with van der Waals surface area (Å²) in [6.45, 7) is 0. The second kappa shape index (κ2) is 3.71. The standard InChI is InChI=1S/C12H10BrNO2S/c13-11-3-1-2-4-12(11)14-5-9-7-17(15,16)8-10(9)6-14/h1-6H,7-8H2. The van der Waals surface area contributed by atoms with Crippen LogP contribution < -0.4 is 0 Å². The summed E-state index contributed by atoms with van der Waals surface area (Å²) in [5.41, 5.74) is 2.86. The number of benzene rings is 1. The van der Waals surface area contributed by atoms with Gasteiger partial charge in [-0.3, -0.25) is 0 Å². The lowest BCUT2D eigenvalue weighted by molar-refractivity contribution is 0.597. The van der Waals surface area contributed by atoms with Gasteiger partial charge >= 0.3 is 0 Å². The first-order valence-corrected chi connectivity index (χ1v) is 7.82. The number of fused-ring (bicyclic) bond motifs is 1. The molecular weight excluding hydrogens is 302 g/mol. The molecule has 5 heteroatoms. The van der Waals surface area contributed by atoms with E-state index in [0.717, 1.165) is 21.3 Å². The summed E-state index contributed by atoms with van der Waals surface area (Å²) in [6.07, 6.45) is 3.81. The third-order valence-electron chi connectivity index (χ3n) is 2.88. The number of sulfone groups is 1. The molecule has 0 N–H and O–H groups in total. The molecule has 0 saturated carbocycles. The van der Waals surface area contributed by atoms with E-state index in [-0.39, 0.29) is 11.5 Å². The molecule has 3 nitrogen and oxygen atoms in total. The topological polar surface area (TPSA) is 39.1 Å². The van der Waals surface area contributed by atoms with E-state index in [4.69, 9.17) is 0 Å². The van der Waals surface area contributed by atoms with Crippen LogP contribution in [-0.2, 0) is 21.3 Å². The zero-order chi connectivity index (χ0) is 12.0. The van der Waals surface area contributed by atoms with Gasteiger partial charge in [-0.15, -0.1) is 0 Å². The summed E-state index contributed by atoms with van der Waals surface area (Å²) < 4.78 is 25.9. The quantitative estimate of drug-likeness (QED) is 0.812. The molecule has 3 rings (SSSR count). The largest absolute Gasteiger partial charge is 0.322 e. The van der Waals surface area contributed by atoms with Gasteiger partial charge < -0.3 is 4.57 Å². The predicted molar refractivity (Wildman–Crippen MR) is 69.8 cm³/mol. The highest BCUT2D eigenvalue weighted by Crippen LogP contribution is 2.29. The molecule has 1 aromatic heterocycles. The fraction of sp³-hybridized carbons (Fsp3) is 0.167. The van der Waals surface area contributed by atoms with Gasteiger partial charge in [-0.25, -0.2) is 8.42 Å². The van der Waals surface area contributed by atoms with Gasteiger partial charge in [0.05, 0.1) is 17.2 Å². The fourth-order valence-electron chi connectivity index (χ4n) is 2.12. The zero-order valence-corrected chi connectivity index (χ0v) is 11.3. The Morgan fingerprint density at radius 2 is 1.65 bits per heavy atom. The number of para-hydroxylation sites is 1. The molecule has 0 fully saturated rings. The molecular formula is C12H10BrNO2S. The molecule has 1 aliphatic rings. The van der Waals surface area contributed by atoms with Crippen molar-refractivity contribution < 1.29 is 8.42 Å². The van der Waals surface area contributed by atoms with Crippen LogP contribution in [0.3, 0.4) is 0 Å². The molecule has 1 aliphatic heterocycles. The van der Waals surface area contributed by atoms with Crippen LogP contribution in [-0.4, -0.2) is 13.0 Å². The molecule has 0 amide bonds. The number of hydrogen-bond donors (Lipinski definition) is 0. The van der Waals surface area contributed by atoms with Crippen molar-refractivity contribution in [1.29, 1.82) is 0 Å². The average molecular weight is 312 g/mol. The number of aromatic nitrogens is 1. The Hall–Kier alpha value is -1.07. The van der Waals surface area contributed by atoms with Gasteiger partial charge in [-0.05, 0) is 39.2 Å². The van der Waals surface area contributed by atoms with Crippen LogP contribution in [0.1, 0.15) is 11.1 Å². The van der Waals surface area contributed by atoms with Crippen molar-refractivity contribution in [3.05, 3.63) is 52.3 Å². The summed E-state index contributed by atoms with van der Waals surface area (Å²) in [5, 5.41) is 0. The molecule has 0 radical (unpaired) electrons. The SMILES string of the molecule is O=S1(=O)Cc2cn(-c3ccccc3Br)cc2C1. The maximum Gasteiger partial charge on any atom is 0.158 e. The van der Waals surface area contributed by atoms with E-state index >= 15 is 0 Å². The Morgan fingerprint density at radius 1 is 1.06 bits per heavy atom. The summed E-state index contributed by atoms with van der Waals surface area (Å²) in [4.78, 5) is 0. The number of rotatable bonds is 1. The Bertz CT molecular complexity index is 659. The molecule has 0 unspecified atom stereocenters. The third kappa shape index (κ3) is 1.93. The summed E-state index contributed by atoms with van der Waals surface area (Å²) in [5.74, 6) is 0.333. The molecule has 17 heavy (non-hydrogen) atoms. The highest BCUT2D eigenvalue weighted by Gasteiger charge is 2.26. The Labute approximate surface area is 108 Å². The van der Waals surface area contributed by atoms with Crippen molar-refractivity contribution in [3.8, 4) is 5.69 Å². The van der Waals surface area contributed by atoms with E-state index in [9.17, 15) is 8.42 Å². The first-order chi connectivity index (χ1) is 8.05. The smallest absolute Gasteiger partial charge is 0.158 e.